The first-order chi connectivity index (χ1) is 15.9. The minimum absolute atomic E-state index is 0.200. The molecule has 0 spiro atoms. The van der Waals surface area contributed by atoms with Crippen LogP contribution in [0.25, 0.3) is 0 Å². The van der Waals surface area contributed by atoms with E-state index >= 15 is 0 Å². The van der Waals surface area contributed by atoms with E-state index in [-0.39, 0.29) is 17.3 Å². The molecule has 9 nitrogen and oxygen atoms in total. The highest BCUT2D eigenvalue weighted by molar-refractivity contribution is 5.81. The van der Waals surface area contributed by atoms with Crippen molar-refractivity contribution in [3.8, 4) is 0 Å². The number of amides is 1. The highest BCUT2D eigenvalue weighted by Gasteiger charge is 2.31. The number of para-hydroxylation sites is 1. The van der Waals surface area contributed by atoms with Gasteiger partial charge < -0.3 is 21.3 Å². The summed E-state index contributed by atoms with van der Waals surface area (Å²) >= 11 is 0. The number of aryl methyl sites for hydroxylation is 2. The van der Waals surface area contributed by atoms with E-state index in [1.165, 1.54) is 4.57 Å². The lowest BCUT2D eigenvalue weighted by Gasteiger charge is -2.33. The lowest BCUT2D eigenvalue weighted by molar-refractivity contribution is -0.124. The quantitative estimate of drug-likeness (QED) is 0.531. The normalized spacial score (nSPS) is 15.1. The van der Waals surface area contributed by atoms with E-state index in [1.54, 1.807) is 12.3 Å². The van der Waals surface area contributed by atoms with Crippen molar-refractivity contribution in [1.29, 1.82) is 0 Å². The number of hydrogen-bond acceptors (Lipinski definition) is 7. The van der Waals surface area contributed by atoms with Gasteiger partial charge in [-0.3, -0.25) is 14.2 Å². The number of aromatic nitrogens is 3. The molecule has 2 aromatic heterocycles. The summed E-state index contributed by atoms with van der Waals surface area (Å²) in [5.41, 5.74) is 8.96. The monoisotopic (exact) mass is 447 g/mol. The molecule has 0 radical (unpaired) electrons. The zero-order valence-corrected chi connectivity index (χ0v) is 19.1. The predicted octanol–water partition coefficient (Wildman–Crippen LogP) is 2.53. The Morgan fingerprint density at radius 3 is 2.76 bits per heavy atom. The van der Waals surface area contributed by atoms with E-state index in [0.29, 0.717) is 31.1 Å². The van der Waals surface area contributed by atoms with Gasteiger partial charge in [-0.1, -0.05) is 31.2 Å². The van der Waals surface area contributed by atoms with Gasteiger partial charge in [-0.15, -0.1) is 0 Å². The Balaban J connectivity index is 1.62. The summed E-state index contributed by atoms with van der Waals surface area (Å²) < 4.78 is 1.54. The summed E-state index contributed by atoms with van der Waals surface area (Å²) in [4.78, 5) is 37.2. The Morgan fingerprint density at radius 1 is 1.21 bits per heavy atom. The van der Waals surface area contributed by atoms with Crippen LogP contribution in [0.5, 0.6) is 0 Å². The van der Waals surface area contributed by atoms with Gasteiger partial charge in [-0.05, 0) is 43.0 Å². The highest BCUT2D eigenvalue weighted by Crippen LogP contribution is 2.27. The number of benzene rings is 1. The summed E-state index contributed by atoms with van der Waals surface area (Å²) in [7, 11) is 1.89. The number of nitrogens with one attached hydrogen (secondary N) is 2. The van der Waals surface area contributed by atoms with Crippen molar-refractivity contribution in [2.45, 2.75) is 39.3 Å². The Kier molecular flexibility index (Phi) is 6.30. The number of hydrogen-bond donors (Lipinski definition) is 3. The first-order valence-electron chi connectivity index (χ1n) is 11.1. The average Bonchev–Trinajstić information content (AvgIpc) is 2.81. The molecule has 0 aliphatic carbocycles. The molecule has 1 aromatic carbocycles. The Bertz CT molecular complexity index is 1240. The van der Waals surface area contributed by atoms with Gasteiger partial charge in [-0.2, -0.15) is 0 Å². The number of anilines is 4. The molecule has 172 valence electrons. The summed E-state index contributed by atoms with van der Waals surface area (Å²) in [5.74, 6) is 1.04. The van der Waals surface area contributed by atoms with E-state index in [4.69, 9.17) is 5.73 Å². The Hall–Kier alpha value is -3.88. The molecule has 1 amide bonds. The molecule has 4 N–H and O–H groups in total. The fourth-order valence-corrected chi connectivity index (χ4v) is 4.11. The van der Waals surface area contributed by atoms with Crippen molar-refractivity contribution in [1.82, 2.24) is 19.9 Å². The standard InChI is InChI=1S/C24H29N7O2/c1-4-16-7-5-6-8-18(16)29-22-24(33)31-19(11-12-30(3)21(31)14-26-22)23(32)27-13-17-9-10-20(25)28-15(17)2/h5-10,14,19H,4,11-13H2,1-3H3,(H2,25,28)(H,26,29)(H,27,32)/t19-/m0/s1. The largest absolute Gasteiger partial charge is 0.384 e. The fourth-order valence-electron chi connectivity index (χ4n) is 4.11. The first kappa shape index (κ1) is 22.3. The molecule has 1 aliphatic rings. The number of nitrogens with zero attached hydrogens (tertiary/aromatic N) is 4. The maximum atomic E-state index is 13.5. The third-order valence-electron chi connectivity index (χ3n) is 6.04. The van der Waals surface area contributed by atoms with Crippen molar-refractivity contribution in [2.75, 3.05) is 29.5 Å². The number of pyridine rings is 1. The smallest absolute Gasteiger partial charge is 0.295 e. The van der Waals surface area contributed by atoms with E-state index in [2.05, 4.69) is 27.5 Å². The van der Waals surface area contributed by atoms with Crippen molar-refractivity contribution < 1.29 is 4.79 Å². The SMILES string of the molecule is CCc1ccccc1Nc1ncc2n(c1=O)[C@H](C(=O)NCc1ccc(N)nc1C)CCN2C. The van der Waals surface area contributed by atoms with E-state index in [0.717, 1.165) is 28.9 Å². The number of carbonyl (C=O) groups excluding carboxylic acids is 1. The second kappa shape index (κ2) is 9.32. The number of rotatable bonds is 6. The van der Waals surface area contributed by atoms with Crippen LogP contribution < -0.4 is 26.8 Å². The zero-order valence-electron chi connectivity index (χ0n) is 19.1. The number of nitrogen functional groups attached to an aromatic ring is 1. The molecule has 1 atom stereocenters. The van der Waals surface area contributed by atoms with Crippen LogP contribution in [0.4, 0.5) is 23.1 Å². The van der Waals surface area contributed by atoms with Gasteiger partial charge in [-0.25, -0.2) is 9.97 Å². The topological polar surface area (TPSA) is 118 Å². The third-order valence-corrected chi connectivity index (χ3v) is 6.04. The maximum absolute atomic E-state index is 13.5. The lowest BCUT2D eigenvalue weighted by Crippen LogP contribution is -2.45. The van der Waals surface area contributed by atoms with Gasteiger partial charge in [0, 0.05) is 31.5 Å². The fraction of sp³-hybridized carbons (Fsp3) is 0.333. The Labute approximate surface area is 192 Å². The molecule has 0 saturated heterocycles. The summed E-state index contributed by atoms with van der Waals surface area (Å²) in [6, 6.07) is 10.7. The molecule has 33 heavy (non-hydrogen) atoms. The van der Waals surface area contributed by atoms with E-state index < -0.39 is 6.04 Å². The van der Waals surface area contributed by atoms with Crippen LogP contribution in [0.2, 0.25) is 0 Å². The number of fused-ring (bicyclic) bond motifs is 1. The molecule has 9 heteroatoms. The van der Waals surface area contributed by atoms with Crippen LogP contribution in [0.1, 0.15) is 36.2 Å². The first-order valence-corrected chi connectivity index (χ1v) is 11.1. The average molecular weight is 448 g/mol. The van der Waals surface area contributed by atoms with Gasteiger partial charge in [0.1, 0.15) is 17.7 Å². The minimum Gasteiger partial charge on any atom is -0.384 e. The summed E-state index contributed by atoms with van der Waals surface area (Å²) in [5, 5.41) is 6.13. The van der Waals surface area contributed by atoms with E-state index in [1.807, 2.05) is 49.2 Å². The lowest BCUT2D eigenvalue weighted by atomic mass is 10.1. The van der Waals surface area contributed by atoms with Crippen LogP contribution in [0.3, 0.4) is 0 Å². The zero-order chi connectivity index (χ0) is 23.5. The van der Waals surface area contributed by atoms with E-state index in [9.17, 15) is 9.59 Å². The second-order valence-corrected chi connectivity index (χ2v) is 8.20. The molecule has 0 saturated carbocycles. The van der Waals surface area contributed by atoms with Gasteiger partial charge in [0.2, 0.25) is 5.91 Å². The predicted molar refractivity (Wildman–Crippen MR) is 130 cm³/mol. The van der Waals surface area contributed by atoms with Crippen molar-refractivity contribution in [2.24, 2.45) is 0 Å². The third kappa shape index (κ3) is 4.52. The molecular weight excluding hydrogens is 418 g/mol. The van der Waals surface area contributed by atoms with Gasteiger partial charge in [0.25, 0.3) is 5.56 Å². The molecule has 3 heterocycles. The van der Waals surface area contributed by atoms with Crippen LogP contribution in [-0.4, -0.2) is 34.0 Å². The van der Waals surface area contributed by atoms with Crippen molar-refractivity contribution >= 4 is 29.0 Å². The van der Waals surface area contributed by atoms with Crippen LogP contribution in [-0.2, 0) is 17.8 Å². The molecule has 1 aliphatic heterocycles. The summed E-state index contributed by atoms with van der Waals surface area (Å²) in [6.07, 6.45) is 2.98. The van der Waals surface area contributed by atoms with Crippen LogP contribution in [0.15, 0.2) is 47.4 Å². The number of nitrogens with two attached hydrogens (primary N) is 1. The van der Waals surface area contributed by atoms with Gasteiger partial charge in [0.05, 0.1) is 6.20 Å². The molecular formula is C24H29N7O2. The summed E-state index contributed by atoms with van der Waals surface area (Å²) in [6.45, 7) is 4.87. The Morgan fingerprint density at radius 2 is 2.00 bits per heavy atom. The van der Waals surface area contributed by atoms with Gasteiger partial charge >= 0.3 is 0 Å². The molecule has 4 rings (SSSR count). The van der Waals surface area contributed by atoms with Crippen LogP contribution >= 0.6 is 0 Å². The van der Waals surface area contributed by atoms with Crippen molar-refractivity contribution in [3.63, 3.8) is 0 Å². The van der Waals surface area contributed by atoms with Crippen molar-refractivity contribution in [3.05, 3.63) is 69.8 Å². The minimum atomic E-state index is -0.629. The highest BCUT2D eigenvalue weighted by atomic mass is 16.2. The molecule has 0 unspecified atom stereocenters. The number of carbonyl (C=O) groups is 1. The molecule has 0 bridgehead atoms. The van der Waals surface area contributed by atoms with Crippen LogP contribution in [0, 0.1) is 6.92 Å². The molecule has 3 aromatic rings. The maximum Gasteiger partial charge on any atom is 0.295 e. The van der Waals surface area contributed by atoms with Gasteiger partial charge in [0.15, 0.2) is 5.82 Å². The molecule has 0 fully saturated rings. The second-order valence-electron chi connectivity index (χ2n) is 8.20.